The van der Waals surface area contributed by atoms with E-state index in [0.29, 0.717) is 6.54 Å². The van der Waals surface area contributed by atoms with Gasteiger partial charge in [-0.2, -0.15) is 0 Å². The molecular weight excluding hydrogens is 278 g/mol. The van der Waals surface area contributed by atoms with Gasteiger partial charge in [0.05, 0.1) is 11.7 Å². The maximum absolute atomic E-state index is 12.4. The highest BCUT2D eigenvalue weighted by molar-refractivity contribution is 5.74. The van der Waals surface area contributed by atoms with Gasteiger partial charge in [0.25, 0.3) is 0 Å². The molecule has 1 heterocycles. The molecule has 0 unspecified atom stereocenters. The lowest BCUT2D eigenvalue weighted by Gasteiger charge is -2.37. The summed E-state index contributed by atoms with van der Waals surface area (Å²) in [4.78, 5) is 24.5. The summed E-state index contributed by atoms with van der Waals surface area (Å²) >= 11 is 0. The summed E-state index contributed by atoms with van der Waals surface area (Å²) < 4.78 is 0. The molecule has 2 rings (SSSR count). The highest BCUT2D eigenvalue weighted by Gasteiger charge is 2.36. The highest BCUT2D eigenvalue weighted by atomic mass is 16.2. The molecule has 22 heavy (non-hydrogen) atoms. The van der Waals surface area contributed by atoms with Gasteiger partial charge in [-0.1, -0.05) is 12.8 Å². The monoisotopic (exact) mass is 305 g/mol. The lowest BCUT2D eigenvalue weighted by atomic mass is 9.96. The second kappa shape index (κ2) is 7.05. The van der Waals surface area contributed by atoms with Crippen LogP contribution in [0.25, 0.3) is 0 Å². The summed E-state index contributed by atoms with van der Waals surface area (Å²) in [6.07, 6.45) is 7.97. The van der Waals surface area contributed by atoms with Crippen molar-refractivity contribution in [3.63, 3.8) is 0 Å². The van der Waals surface area contributed by atoms with Gasteiger partial charge < -0.3 is 15.1 Å². The molecule has 0 radical (unpaired) electrons. The summed E-state index contributed by atoms with van der Waals surface area (Å²) in [6.45, 7) is 2.67. The molecule has 122 valence electrons. The van der Waals surface area contributed by atoms with Gasteiger partial charge in [0.15, 0.2) is 0 Å². The molecule has 1 atom stereocenters. The van der Waals surface area contributed by atoms with E-state index in [1.807, 2.05) is 13.0 Å². The van der Waals surface area contributed by atoms with Gasteiger partial charge >= 0.3 is 6.03 Å². The first-order valence-electron chi connectivity index (χ1n) is 7.90. The molecule has 1 aliphatic rings. The predicted octanol–water partition coefficient (Wildman–Crippen LogP) is 2.05. The van der Waals surface area contributed by atoms with Crippen LogP contribution in [0.1, 0.15) is 44.3 Å². The van der Waals surface area contributed by atoms with Crippen LogP contribution in [-0.2, 0) is 0 Å². The summed E-state index contributed by atoms with van der Waals surface area (Å²) in [5, 5.41) is 3.10. The van der Waals surface area contributed by atoms with Crippen molar-refractivity contribution in [1.82, 2.24) is 25.1 Å². The molecule has 0 bridgehead atoms. The number of hydrogen-bond donors (Lipinski definition) is 1. The van der Waals surface area contributed by atoms with Gasteiger partial charge in [0.2, 0.25) is 0 Å². The van der Waals surface area contributed by atoms with Gasteiger partial charge in [-0.3, -0.25) is 0 Å². The van der Waals surface area contributed by atoms with Crippen molar-refractivity contribution >= 4 is 6.03 Å². The molecule has 1 aromatic rings. The van der Waals surface area contributed by atoms with Crippen molar-refractivity contribution in [3.05, 3.63) is 24.3 Å². The molecule has 1 fully saturated rings. The van der Waals surface area contributed by atoms with Gasteiger partial charge in [-0.25, -0.2) is 14.8 Å². The van der Waals surface area contributed by atoms with Crippen molar-refractivity contribution < 1.29 is 4.79 Å². The third-order valence-corrected chi connectivity index (χ3v) is 4.99. The third-order valence-electron chi connectivity index (χ3n) is 4.99. The maximum atomic E-state index is 12.4. The number of carbonyl (C=O) groups excluding carboxylic acids is 1. The molecule has 0 aromatic carbocycles. The number of carbonyl (C=O) groups is 1. The first-order chi connectivity index (χ1) is 10.5. The largest absolute Gasteiger partial charge is 0.336 e. The molecule has 0 aliphatic heterocycles. The number of rotatable bonds is 5. The Labute approximate surface area is 132 Å². The van der Waals surface area contributed by atoms with Crippen molar-refractivity contribution in [2.75, 3.05) is 27.7 Å². The number of aromatic nitrogens is 2. The normalized spacial score (nSPS) is 18.2. The van der Waals surface area contributed by atoms with E-state index >= 15 is 0 Å². The van der Waals surface area contributed by atoms with Gasteiger partial charge in [0, 0.05) is 25.3 Å². The Balaban J connectivity index is 1.94. The average molecular weight is 305 g/mol. The summed E-state index contributed by atoms with van der Waals surface area (Å²) in [5.41, 5.74) is 0.949. The quantitative estimate of drug-likeness (QED) is 0.904. The van der Waals surface area contributed by atoms with E-state index < -0.39 is 0 Å². The number of hydrogen-bond acceptors (Lipinski definition) is 4. The summed E-state index contributed by atoms with van der Waals surface area (Å²) in [6, 6.07) is 1.70. The molecule has 1 N–H and O–H groups in total. The number of likely N-dealkylation sites (N-methyl/N-ethyl adjacent to an activating group) is 1. The number of amides is 2. The SMILES string of the molecule is C[C@@H](c1ccncn1)N(C)C(=O)NCC1(N(C)C)CCCC1. The minimum Gasteiger partial charge on any atom is -0.336 e. The maximum Gasteiger partial charge on any atom is 0.317 e. The Morgan fingerprint density at radius 1 is 1.36 bits per heavy atom. The molecular formula is C16H27N5O. The standard InChI is InChI=1S/C16H27N5O/c1-13(14-7-10-17-12-19-14)21(4)15(22)18-11-16(20(2)3)8-5-6-9-16/h7,10,12-13H,5-6,8-9,11H2,1-4H3,(H,18,22)/t13-/m0/s1. The minimum atomic E-state index is -0.0816. The van der Waals surface area contributed by atoms with Crippen molar-refractivity contribution in [3.8, 4) is 0 Å². The van der Waals surface area contributed by atoms with Gasteiger partial charge in [-0.05, 0) is 39.9 Å². The molecule has 6 nitrogen and oxygen atoms in total. The van der Waals surface area contributed by atoms with Crippen LogP contribution in [0.3, 0.4) is 0 Å². The number of nitrogens with one attached hydrogen (secondary N) is 1. The number of nitrogens with zero attached hydrogens (tertiary/aromatic N) is 4. The zero-order valence-corrected chi connectivity index (χ0v) is 14.0. The molecule has 0 spiro atoms. The fraction of sp³-hybridized carbons (Fsp3) is 0.688. The lowest BCUT2D eigenvalue weighted by molar-refractivity contribution is 0.145. The first kappa shape index (κ1) is 16.7. The van der Waals surface area contributed by atoms with Gasteiger partial charge in [0.1, 0.15) is 6.33 Å². The van der Waals surface area contributed by atoms with Crippen LogP contribution in [0.2, 0.25) is 0 Å². The summed E-state index contributed by atoms with van der Waals surface area (Å²) in [7, 11) is 6.01. The van der Waals surface area contributed by atoms with E-state index in [4.69, 9.17) is 0 Å². The fourth-order valence-corrected chi connectivity index (χ4v) is 3.10. The smallest absolute Gasteiger partial charge is 0.317 e. The Kier molecular flexibility index (Phi) is 5.34. The second-order valence-corrected chi connectivity index (χ2v) is 6.41. The molecule has 1 saturated carbocycles. The summed E-state index contributed by atoms with van der Waals surface area (Å²) in [5.74, 6) is 0. The van der Waals surface area contributed by atoms with Crippen LogP contribution in [0.5, 0.6) is 0 Å². The van der Waals surface area contributed by atoms with E-state index in [9.17, 15) is 4.79 Å². The van der Waals surface area contributed by atoms with E-state index in [2.05, 4.69) is 34.3 Å². The van der Waals surface area contributed by atoms with E-state index in [-0.39, 0.29) is 17.6 Å². The Bertz CT molecular complexity index is 485. The van der Waals surface area contributed by atoms with Crippen molar-refractivity contribution in [2.45, 2.75) is 44.2 Å². The average Bonchev–Trinajstić information content (AvgIpc) is 3.02. The zero-order chi connectivity index (χ0) is 16.2. The van der Waals surface area contributed by atoms with Crippen LogP contribution < -0.4 is 5.32 Å². The second-order valence-electron chi connectivity index (χ2n) is 6.41. The lowest BCUT2D eigenvalue weighted by Crippen LogP contribution is -2.52. The molecule has 1 aromatic heterocycles. The first-order valence-corrected chi connectivity index (χ1v) is 7.90. The Hall–Kier alpha value is -1.69. The van der Waals surface area contributed by atoms with Crippen molar-refractivity contribution in [2.24, 2.45) is 0 Å². The topological polar surface area (TPSA) is 61.4 Å². The highest BCUT2D eigenvalue weighted by Crippen LogP contribution is 2.33. The van der Waals surface area contributed by atoms with E-state index in [1.165, 1.54) is 19.2 Å². The van der Waals surface area contributed by atoms with Crippen LogP contribution in [0.4, 0.5) is 4.79 Å². The molecule has 0 saturated heterocycles. The van der Waals surface area contributed by atoms with Crippen LogP contribution in [0.15, 0.2) is 18.6 Å². The van der Waals surface area contributed by atoms with Gasteiger partial charge in [-0.15, -0.1) is 0 Å². The zero-order valence-electron chi connectivity index (χ0n) is 14.0. The number of urea groups is 1. The van der Waals surface area contributed by atoms with Crippen LogP contribution in [0, 0.1) is 0 Å². The third kappa shape index (κ3) is 3.55. The minimum absolute atomic E-state index is 0.0563. The van der Waals surface area contributed by atoms with E-state index in [1.54, 1.807) is 18.1 Å². The molecule has 6 heteroatoms. The fourth-order valence-electron chi connectivity index (χ4n) is 3.10. The Morgan fingerprint density at radius 3 is 2.59 bits per heavy atom. The predicted molar refractivity (Wildman–Crippen MR) is 86.5 cm³/mol. The van der Waals surface area contributed by atoms with Crippen LogP contribution >= 0.6 is 0 Å². The van der Waals surface area contributed by atoms with Crippen LogP contribution in [-0.4, -0.2) is 59.0 Å². The molecule has 2 amide bonds. The van der Waals surface area contributed by atoms with Crippen molar-refractivity contribution in [1.29, 1.82) is 0 Å². The molecule has 1 aliphatic carbocycles. The Morgan fingerprint density at radius 2 is 2.05 bits per heavy atom. The van der Waals surface area contributed by atoms with E-state index in [0.717, 1.165) is 18.5 Å².